The van der Waals surface area contributed by atoms with E-state index in [9.17, 15) is 0 Å². The third kappa shape index (κ3) is 3.08. The lowest BCUT2D eigenvalue weighted by Gasteiger charge is -2.20. The van der Waals surface area contributed by atoms with Gasteiger partial charge in [0.25, 0.3) is 0 Å². The maximum Gasteiger partial charge on any atom is 0.183 e. The zero-order valence-corrected chi connectivity index (χ0v) is 13.5. The van der Waals surface area contributed by atoms with Gasteiger partial charge in [0.15, 0.2) is 5.13 Å². The van der Waals surface area contributed by atoms with Gasteiger partial charge in [-0.2, -0.15) is 0 Å². The Bertz CT molecular complexity index is 596. The van der Waals surface area contributed by atoms with Crippen LogP contribution in [0.15, 0.2) is 18.2 Å². The molecule has 2 heterocycles. The van der Waals surface area contributed by atoms with Crippen molar-refractivity contribution >= 4 is 38.3 Å². The van der Waals surface area contributed by atoms with E-state index in [-0.39, 0.29) is 0 Å². The van der Waals surface area contributed by atoms with E-state index >= 15 is 0 Å². The monoisotopic (exact) mass is 309 g/mol. The molecule has 1 N–H and O–H groups in total. The molecule has 1 atom stereocenters. The second-order valence-electron chi connectivity index (χ2n) is 5.76. The van der Waals surface area contributed by atoms with E-state index < -0.39 is 0 Å². The average molecular weight is 310 g/mol. The molecular weight excluding hydrogens is 290 g/mol. The molecule has 1 aliphatic heterocycles. The number of hydrogen-bond donors (Lipinski definition) is 1. The second-order valence-corrected chi connectivity index (χ2v) is 7.22. The third-order valence-corrected chi connectivity index (χ3v) is 5.17. The zero-order valence-electron chi connectivity index (χ0n) is 11.9. The Balaban J connectivity index is 1.60. The lowest BCUT2D eigenvalue weighted by atomic mass is 10.1. The molecule has 1 aromatic carbocycles. The summed E-state index contributed by atoms with van der Waals surface area (Å²) in [5, 5.41) is 5.25. The quantitative estimate of drug-likeness (QED) is 0.922. The molecule has 0 spiro atoms. The molecule has 1 fully saturated rings. The summed E-state index contributed by atoms with van der Waals surface area (Å²) < 4.78 is 1.19. The van der Waals surface area contributed by atoms with Crippen LogP contribution in [0.3, 0.4) is 0 Å². The molecule has 0 saturated carbocycles. The van der Waals surface area contributed by atoms with Crippen molar-refractivity contribution in [2.24, 2.45) is 5.92 Å². The average Bonchev–Trinajstić information content (AvgIpc) is 3.01. The van der Waals surface area contributed by atoms with Gasteiger partial charge < -0.3 is 10.2 Å². The van der Waals surface area contributed by atoms with E-state index in [1.54, 1.807) is 11.3 Å². The van der Waals surface area contributed by atoms with Crippen LogP contribution < -0.4 is 5.32 Å². The molecule has 1 unspecified atom stereocenters. The van der Waals surface area contributed by atoms with Crippen molar-refractivity contribution in [2.45, 2.75) is 26.3 Å². The fourth-order valence-electron chi connectivity index (χ4n) is 2.71. The van der Waals surface area contributed by atoms with Crippen LogP contribution >= 0.6 is 22.9 Å². The number of rotatable bonds is 4. The fraction of sp³-hybridized carbons (Fsp3) is 0.533. The molecule has 0 bridgehead atoms. The number of halogens is 1. The van der Waals surface area contributed by atoms with Crippen LogP contribution in [-0.4, -0.2) is 35.6 Å². The van der Waals surface area contributed by atoms with Gasteiger partial charge in [0, 0.05) is 24.2 Å². The van der Waals surface area contributed by atoms with Crippen molar-refractivity contribution in [2.75, 3.05) is 25.0 Å². The molecule has 0 radical (unpaired) electrons. The fourth-order valence-corrected chi connectivity index (χ4v) is 3.73. The molecule has 20 heavy (non-hydrogen) atoms. The van der Waals surface area contributed by atoms with Crippen LogP contribution in [0, 0.1) is 5.92 Å². The van der Waals surface area contributed by atoms with Crippen molar-refractivity contribution in [3.8, 4) is 0 Å². The van der Waals surface area contributed by atoms with Gasteiger partial charge in [0.05, 0.1) is 10.2 Å². The highest BCUT2D eigenvalue weighted by atomic mass is 35.5. The molecule has 108 valence electrons. The Morgan fingerprint density at radius 3 is 3.10 bits per heavy atom. The van der Waals surface area contributed by atoms with Crippen LogP contribution in [0.1, 0.15) is 20.3 Å². The van der Waals surface area contributed by atoms with Crippen LogP contribution in [0.5, 0.6) is 0 Å². The van der Waals surface area contributed by atoms with Gasteiger partial charge >= 0.3 is 0 Å². The molecular formula is C15H20ClN3S. The van der Waals surface area contributed by atoms with Gasteiger partial charge in [0.1, 0.15) is 0 Å². The first-order valence-corrected chi connectivity index (χ1v) is 8.35. The largest absolute Gasteiger partial charge is 0.361 e. The van der Waals surface area contributed by atoms with E-state index in [0.717, 1.165) is 28.1 Å². The Morgan fingerprint density at radius 1 is 1.50 bits per heavy atom. The predicted octanol–water partition coefficient (Wildman–Crippen LogP) is 4.09. The summed E-state index contributed by atoms with van der Waals surface area (Å²) in [4.78, 5) is 7.14. The normalized spacial score (nSPS) is 20.1. The van der Waals surface area contributed by atoms with Crippen molar-refractivity contribution in [1.82, 2.24) is 9.88 Å². The highest BCUT2D eigenvalue weighted by Gasteiger charge is 2.24. The Labute approximate surface area is 128 Å². The Morgan fingerprint density at radius 2 is 2.35 bits per heavy atom. The summed E-state index contributed by atoms with van der Waals surface area (Å²) >= 11 is 7.69. The maximum atomic E-state index is 5.99. The van der Waals surface area contributed by atoms with E-state index in [2.05, 4.69) is 29.0 Å². The van der Waals surface area contributed by atoms with Gasteiger partial charge in [-0.15, -0.1) is 0 Å². The molecule has 2 aromatic rings. The molecule has 1 saturated heterocycles. The van der Waals surface area contributed by atoms with E-state index in [1.807, 2.05) is 18.2 Å². The summed E-state index contributed by atoms with van der Waals surface area (Å²) in [6, 6.07) is 6.54. The summed E-state index contributed by atoms with van der Waals surface area (Å²) in [5.74, 6) is 0.730. The highest BCUT2D eigenvalue weighted by molar-refractivity contribution is 7.22. The third-order valence-electron chi connectivity index (χ3n) is 3.94. The molecule has 0 amide bonds. The number of fused-ring (bicyclic) bond motifs is 1. The first-order chi connectivity index (χ1) is 9.61. The zero-order chi connectivity index (χ0) is 14.1. The predicted molar refractivity (Wildman–Crippen MR) is 87.9 cm³/mol. The van der Waals surface area contributed by atoms with Gasteiger partial charge in [-0.05, 0) is 50.9 Å². The van der Waals surface area contributed by atoms with Gasteiger partial charge in [0.2, 0.25) is 0 Å². The number of benzene rings is 1. The number of thiazole rings is 1. The summed E-state index contributed by atoms with van der Waals surface area (Å²) in [6.07, 6.45) is 1.28. The van der Waals surface area contributed by atoms with Crippen molar-refractivity contribution < 1.29 is 0 Å². The lowest BCUT2D eigenvalue weighted by molar-refractivity contribution is 0.266. The first-order valence-electron chi connectivity index (χ1n) is 7.16. The van der Waals surface area contributed by atoms with E-state index in [0.29, 0.717) is 6.04 Å². The maximum absolute atomic E-state index is 5.99. The van der Waals surface area contributed by atoms with Crippen molar-refractivity contribution in [3.63, 3.8) is 0 Å². The number of nitrogens with one attached hydrogen (secondary N) is 1. The minimum absolute atomic E-state index is 0.657. The first kappa shape index (κ1) is 14.1. The summed E-state index contributed by atoms with van der Waals surface area (Å²) in [5.41, 5.74) is 0.986. The molecule has 3 rings (SSSR count). The number of nitrogens with zero attached hydrogens (tertiary/aromatic N) is 2. The van der Waals surface area contributed by atoms with E-state index in [1.165, 1.54) is 24.2 Å². The molecule has 3 nitrogen and oxygen atoms in total. The number of anilines is 1. The van der Waals surface area contributed by atoms with Crippen LogP contribution in [0.25, 0.3) is 10.2 Å². The van der Waals surface area contributed by atoms with Crippen LogP contribution in [-0.2, 0) is 0 Å². The molecule has 0 aliphatic carbocycles. The van der Waals surface area contributed by atoms with E-state index in [4.69, 9.17) is 11.6 Å². The van der Waals surface area contributed by atoms with Crippen LogP contribution in [0.4, 0.5) is 5.13 Å². The standard InChI is InChI=1S/C15H20ClN3S/c1-10(2)19-6-5-11(9-19)8-17-15-18-13-7-12(16)3-4-14(13)20-15/h3-4,7,10-11H,5-6,8-9H2,1-2H3,(H,17,18). The van der Waals surface area contributed by atoms with Gasteiger partial charge in [-0.3, -0.25) is 0 Å². The van der Waals surface area contributed by atoms with Crippen molar-refractivity contribution in [1.29, 1.82) is 0 Å². The van der Waals surface area contributed by atoms with Crippen molar-refractivity contribution in [3.05, 3.63) is 23.2 Å². The molecule has 1 aromatic heterocycles. The Kier molecular flexibility index (Phi) is 4.15. The smallest absolute Gasteiger partial charge is 0.183 e. The topological polar surface area (TPSA) is 28.2 Å². The molecule has 1 aliphatic rings. The van der Waals surface area contributed by atoms with Gasteiger partial charge in [-0.25, -0.2) is 4.98 Å². The minimum atomic E-state index is 0.657. The Hall–Kier alpha value is -0.840. The summed E-state index contributed by atoms with van der Waals surface area (Å²) in [7, 11) is 0. The number of hydrogen-bond acceptors (Lipinski definition) is 4. The minimum Gasteiger partial charge on any atom is -0.361 e. The second kappa shape index (κ2) is 5.88. The molecule has 5 heteroatoms. The van der Waals surface area contributed by atoms with Crippen LogP contribution in [0.2, 0.25) is 5.02 Å². The number of aromatic nitrogens is 1. The highest BCUT2D eigenvalue weighted by Crippen LogP contribution is 2.28. The lowest BCUT2D eigenvalue weighted by Crippen LogP contribution is -2.29. The SMILES string of the molecule is CC(C)N1CCC(CNc2nc3cc(Cl)ccc3s2)C1. The number of likely N-dealkylation sites (tertiary alicyclic amines) is 1. The summed E-state index contributed by atoms with van der Waals surface area (Å²) in [6.45, 7) is 7.97. The van der Waals surface area contributed by atoms with Gasteiger partial charge in [-0.1, -0.05) is 22.9 Å².